The lowest BCUT2D eigenvalue weighted by Gasteiger charge is -2.30. The van der Waals surface area contributed by atoms with Crippen molar-refractivity contribution in [3.8, 4) is 0 Å². The van der Waals surface area contributed by atoms with Gasteiger partial charge in [-0.05, 0) is 26.7 Å². The molecule has 2 aromatic carbocycles. The SMILES string of the molecule is CCOC(OCC)C(=O)c1ccccc1.O=C(c1ccccc1)C1(O)CCCCC1. The van der Waals surface area contributed by atoms with Gasteiger partial charge in [-0.25, -0.2) is 0 Å². The quantitative estimate of drug-likeness (QED) is 0.496. The Labute approximate surface area is 179 Å². The zero-order valence-corrected chi connectivity index (χ0v) is 17.9. The van der Waals surface area contributed by atoms with Crippen molar-refractivity contribution in [1.29, 1.82) is 0 Å². The standard InChI is InChI=1S/C13H16O2.C12H16O3/c14-12(11-7-3-1-4-8-11)13(15)9-5-2-6-10-13;1-3-14-12(15-4-2)11(13)10-8-6-5-7-9-10/h1,3-4,7-8,15H,2,5-6,9-10H2;5-9,12H,3-4H2,1-2H3. The largest absolute Gasteiger partial charge is 0.382 e. The van der Waals surface area contributed by atoms with Crippen LogP contribution in [0.2, 0.25) is 0 Å². The van der Waals surface area contributed by atoms with E-state index in [2.05, 4.69) is 0 Å². The molecule has 1 aliphatic rings. The summed E-state index contributed by atoms with van der Waals surface area (Å²) in [5.41, 5.74) is 0.144. The molecule has 0 spiro atoms. The molecule has 0 aliphatic heterocycles. The molecule has 0 unspecified atom stereocenters. The van der Waals surface area contributed by atoms with Gasteiger partial charge in [-0.15, -0.1) is 0 Å². The maximum atomic E-state index is 12.1. The highest BCUT2D eigenvalue weighted by Crippen LogP contribution is 2.31. The van der Waals surface area contributed by atoms with Gasteiger partial charge in [0.05, 0.1) is 0 Å². The summed E-state index contributed by atoms with van der Waals surface area (Å²) in [6, 6.07) is 18.1. The topological polar surface area (TPSA) is 72.8 Å². The van der Waals surface area contributed by atoms with Crippen LogP contribution in [-0.4, -0.2) is 41.8 Å². The zero-order chi connectivity index (χ0) is 21.8. The summed E-state index contributed by atoms with van der Waals surface area (Å²) >= 11 is 0. The highest BCUT2D eigenvalue weighted by molar-refractivity contribution is 6.02. The number of hydrogen-bond acceptors (Lipinski definition) is 5. The van der Waals surface area contributed by atoms with Gasteiger partial charge in [0.1, 0.15) is 5.60 Å². The Kier molecular flexibility index (Phi) is 9.87. The molecule has 0 radical (unpaired) electrons. The van der Waals surface area contributed by atoms with E-state index in [0.717, 1.165) is 19.3 Å². The molecule has 0 aromatic heterocycles. The molecule has 0 bridgehead atoms. The highest BCUT2D eigenvalue weighted by atomic mass is 16.7. The van der Waals surface area contributed by atoms with Crippen molar-refractivity contribution in [2.75, 3.05) is 13.2 Å². The van der Waals surface area contributed by atoms with Gasteiger partial charge in [-0.3, -0.25) is 9.59 Å². The van der Waals surface area contributed by atoms with Crippen molar-refractivity contribution in [1.82, 2.24) is 0 Å². The number of Topliss-reactive ketones (excluding diaryl/α,β-unsaturated/α-hetero) is 2. The second kappa shape index (κ2) is 12.4. The number of hydrogen-bond donors (Lipinski definition) is 1. The first kappa shape index (κ1) is 23.9. The third-order valence-corrected chi connectivity index (χ3v) is 5.05. The van der Waals surface area contributed by atoms with Crippen LogP contribution in [0.15, 0.2) is 60.7 Å². The molecule has 5 heteroatoms. The van der Waals surface area contributed by atoms with Gasteiger partial charge >= 0.3 is 0 Å². The van der Waals surface area contributed by atoms with Crippen LogP contribution in [0.1, 0.15) is 66.7 Å². The van der Waals surface area contributed by atoms with Crippen LogP contribution in [0.5, 0.6) is 0 Å². The average molecular weight is 413 g/mol. The molecule has 162 valence electrons. The third kappa shape index (κ3) is 6.87. The molecule has 1 N–H and O–H groups in total. The predicted octanol–water partition coefficient (Wildman–Crippen LogP) is 4.83. The van der Waals surface area contributed by atoms with Gasteiger partial charge in [0.25, 0.3) is 0 Å². The lowest BCUT2D eigenvalue weighted by atomic mass is 9.79. The minimum absolute atomic E-state index is 0.109. The van der Waals surface area contributed by atoms with Crippen LogP contribution in [0.4, 0.5) is 0 Å². The van der Waals surface area contributed by atoms with E-state index in [4.69, 9.17) is 9.47 Å². The van der Waals surface area contributed by atoms with E-state index in [9.17, 15) is 14.7 Å². The molecule has 0 atom stereocenters. The fraction of sp³-hybridized carbons (Fsp3) is 0.440. The Morgan fingerprint density at radius 1 is 0.833 bits per heavy atom. The van der Waals surface area contributed by atoms with Crippen LogP contribution in [0.25, 0.3) is 0 Å². The molecule has 0 saturated heterocycles. The molecule has 1 saturated carbocycles. The Morgan fingerprint density at radius 3 is 1.77 bits per heavy atom. The summed E-state index contributed by atoms with van der Waals surface area (Å²) < 4.78 is 10.5. The Morgan fingerprint density at radius 2 is 1.30 bits per heavy atom. The molecule has 1 fully saturated rings. The predicted molar refractivity (Wildman–Crippen MR) is 117 cm³/mol. The summed E-state index contributed by atoms with van der Waals surface area (Å²) in [7, 11) is 0. The van der Waals surface area contributed by atoms with Crippen molar-refractivity contribution in [2.45, 2.75) is 57.8 Å². The maximum Gasteiger partial charge on any atom is 0.222 e. The fourth-order valence-corrected chi connectivity index (χ4v) is 3.46. The van der Waals surface area contributed by atoms with E-state index in [-0.39, 0.29) is 11.6 Å². The van der Waals surface area contributed by atoms with E-state index in [1.165, 1.54) is 0 Å². The Balaban J connectivity index is 0.000000214. The minimum atomic E-state index is -1.10. The van der Waals surface area contributed by atoms with Crippen LogP contribution in [0.3, 0.4) is 0 Å². The molecule has 1 aliphatic carbocycles. The summed E-state index contributed by atoms with van der Waals surface area (Å²) in [5, 5.41) is 10.2. The molecule has 2 aromatic rings. The van der Waals surface area contributed by atoms with Crippen molar-refractivity contribution >= 4 is 11.6 Å². The summed E-state index contributed by atoms with van der Waals surface area (Å²) in [4.78, 5) is 23.9. The van der Waals surface area contributed by atoms with Gasteiger partial charge in [-0.2, -0.15) is 0 Å². The van der Waals surface area contributed by atoms with E-state index in [1.807, 2.05) is 50.2 Å². The van der Waals surface area contributed by atoms with Crippen molar-refractivity contribution in [2.24, 2.45) is 0 Å². The third-order valence-electron chi connectivity index (χ3n) is 5.05. The van der Waals surface area contributed by atoms with Gasteiger partial charge < -0.3 is 14.6 Å². The minimum Gasteiger partial charge on any atom is -0.382 e. The van der Waals surface area contributed by atoms with Crippen LogP contribution in [-0.2, 0) is 9.47 Å². The number of carbonyl (C=O) groups excluding carboxylic acids is 2. The average Bonchev–Trinajstić information content (AvgIpc) is 2.80. The maximum absolute atomic E-state index is 12.1. The molecule has 0 amide bonds. The number of ketones is 2. The number of rotatable bonds is 8. The molecule has 3 rings (SSSR count). The Hall–Kier alpha value is -2.34. The monoisotopic (exact) mass is 412 g/mol. The van der Waals surface area contributed by atoms with Crippen LogP contribution < -0.4 is 0 Å². The first-order valence-electron chi connectivity index (χ1n) is 10.7. The van der Waals surface area contributed by atoms with Crippen LogP contribution in [0, 0.1) is 0 Å². The summed E-state index contributed by atoms with van der Waals surface area (Å²) in [5.74, 6) is -0.234. The normalized spacial score (nSPS) is 15.2. The lowest BCUT2D eigenvalue weighted by Crippen LogP contribution is -2.40. The molecule has 5 nitrogen and oxygen atoms in total. The van der Waals surface area contributed by atoms with Crippen LogP contribution >= 0.6 is 0 Å². The summed E-state index contributed by atoms with van der Waals surface area (Å²) in [6.07, 6.45) is 3.48. The second-order valence-electron chi connectivity index (χ2n) is 7.26. The van der Waals surface area contributed by atoms with E-state index in [1.54, 1.807) is 24.3 Å². The van der Waals surface area contributed by atoms with E-state index >= 15 is 0 Å². The zero-order valence-electron chi connectivity index (χ0n) is 17.9. The van der Waals surface area contributed by atoms with Crippen molar-refractivity contribution in [3.63, 3.8) is 0 Å². The highest BCUT2D eigenvalue weighted by Gasteiger charge is 2.37. The first-order chi connectivity index (χ1) is 14.5. The van der Waals surface area contributed by atoms with Crippen molar-refractivity contribution < 1.29 is 24.2 Å². The lowest BCUT2D eigenvalue weighted by molar-refractivity contribution is -0.107. The fourth-order valence-electron chi connectivity index (χ4n) is 3.46. The number of aliphatic hydroxyl groups is 1. The Bertz CT molecular complexity index is 761. The van der Waals surface area contributed by atoms with Gasteiger partial charge in [-0.1, -0.05) is 79.9 Å². The van der Waals surface area contributed by atoms with E-state index < -0.39 is 11.9 Å². The van der Waals surface area contributed by atoms with Gasteiger partial charge in [0.2, 0.25) is 12.1 Å². The first-order valence-corrected chi connectivity index (χ1v) is 10.7. The molecule has 0 heterocycles. The number of carbonyl (C=O) groups is 2. The molecular weight excluding hydrogens is 380 g/mol. The number of benzene rings is 2. The molecule has 30 heavy (non-hydrogen) atoms. The summed E-state index contributed by atoms with van der Waals surface area (Å²) in [6.45, 7) is 4.60. The number of ether oxygens (including phenoxy) is 2. The molecular formula is C25H32O5. The van der Waals surface area contributed by atoms with E-state index in [0.29, 0.717) is 37.2 Å². The van der Waals surface area contributed by atoms with Gasteiger partial charge in [0.15, 0.2) is 5.78 Å². The van der Waals surface area contributed by atoms with Gasteiger partial charge in [0, 0.05) is 24.3 Å². The van der Waals surface area contributed by atoms with Crippen molar-refractivity contribution in [3.05, 3.63) is 71.8 Å². The second-order valence-corrected chi connectivity index (χ2v) is 7.26. The smallest absolute Gasteiger partial charge is 0.222 e.